The van der Waals surface area contributed by atoms with Crippen LogP contribution in [0.25, 0.3) is 0 Å². The highest BCUT2D eigenvalue weighted by Gasteiger charge is 2.23. The van der Waals surface area contributed by atoms with E-state index in [-0.39, 0.29) is 31.0 Å². The maximum atomic E-state index is 13.5. The zero-order valence-corrected chi connectivity index (χ0v) is 17.6. The van der Waals surface area contributed by atoms with Gasteiger partial charge in [-0.1, -0.05) is 18.2 Å². The van der Waals surface area contributed by atoms with E-state index in [0.717, 1.165) is 41.5 Å². The van der Waals surface area contributed by atoms with Gasteiger partial charge >= 0.3 is 0 Å². The molecule has 0 aliphatic carbocycles. The van der Waals surface area contributed by atoms with E-state index in [9.17, 15) is 22.0 Å². The second kappa shape index (κ2) is 9.42. The summed E-state index contributed by atoms with van der Waals surface area (Å²) in [7, 11) is -3.70. The summed E-state index contributed by atoms with van der Waals surface area (Å²) in [4.78, 5) is 16.5. The monoisotopic (exact) mass is 437 g/mol. The van der Waals surface area contributed by atoms with Gasteiger partial charge in [-0.25, -0.2) is 17.2 Å². The van der Waals surface area contributed by atoms with Crippen LogP contribution in [0.3, 0.4) is 0 Å². The molecule has 0 atom stereocenters. The third kappa shape index (κ3) is 5.47. The zero-order chi connectivity index (χ0) is 21.7. The Morgan fingerprint density at radius 2 is 1.67 bits per heavy atom. The molecular formula is C21H25F2N3O3S. The Hall–Kier alpha value is -2.68. The molecule has 1 amide bonds. The standard InChI is InChI=1S/C21H25F2N3O3S/c1-30(28,29)26(18-9-10-19(22)20(23)16-18)11-5-8-21(27)25-14-12-24(13-15-25)17-6-3-2-4-7-17/h2-4,6-7,9-10,16H,5,8,11-15H2,1H3. The van der Waals surface area contributed by atoms with Crippen LogP contribution < -0.4 is 9.21 Å². The molecule has 3 rings (SSSR count). The van der Waals surface area contributed by atoms with Crippen molar-refractivity contribution in [1.82, 2.24) is 4.90 Å². The van der Waals surface area contributed by atoms with Crippen LogP contribution in [-0.2, 0) is 14.8 Å². The zero-order valence-electron chi connectivity index (χ0n) is 16.8. The van der Waals surface area contributed by atoms with Gasteiger partial charge in [0.25, 0.3) is 0 Å². The van der Waals surface area contributed by atoms with Crippen LogP contribution in [0.4, 0.5) is 20.2 Å². The summed E-state index contributed by atoms with van der Waals surface area (Å²) < 4.78 is 51.8. The van der Waals surface area contributed by atoms with Crippen molar-refractivity contribution in [1.29, 1.82) is 0 Å². The summed E-state index contributed by atoms with van der Waals surface area (Å²) in [5, 5.41) is 0. The van der Waals surface area contributed by atoms with E-state index in [0.29, 0.717) is 13.1 Å². The summed E-state index contributed by atoms with van der Waals surface area (Å²) in [5.41, 5.74) is 1.17. The molecule has 2 aromatic rings. The van der Waals surface area contributed by atoms with Gasteiger partial charge in [-0.2, -0.15) is 0 Å². The van der Waals surface area contributed by atoms with Crippen molar-refractivity contribution < 1.29 is 22.0 Å². The number of carbonyl (C=O) groups is 1. The molecule has 0 saturated carbocycles. The number of rotatable bonds is 7. The van der Waals surface area contributed by atoms with Crippen molar-refractivity contribution in [3.05, 3.63) is 60.2 Å². The molecule has 0 unspecified atom stereocenters. The fraction of sp³-hybridized carbons (Fsp3) is 0.381. The van der Waals surface area contributed by atoms with Crippen molar-refractivity contribution in [3.8, 4) is 0 Å². The van der Waals surface area contributed by atoms with E-state index in [2.05, 4.69) is 4.90 Å². The lowest BCUT2D eigenvalue weighted by Crippen LogP contribution is -2.48. The predicted octanol–water partition coefficient (Wildman–Crippen LogP) is 2.86. The Morgan fingerprint density at radius 3 is 2.27 bits per heavy atom. The van der Waals surface area contributed by atoms with Crippen LogP contribution >= 0.6 is 0 Å². The Bertz CT molecular complexity index is 978. The van der Waals surface area contributed by atoms with Gasteiger partial charge in [0.05, 0.1) is 11.9 Å². The average molecular weight is 438 g/mol. The van der Waals surface area contributed by atoms with Crippen LogP contribution in [0.15, 0.2) is 48.5 Å². The quantitative estimate of drug-likeness (QED) is 0.668. The van der Waals surface area contributed by atoms with Crippen molar-refractivity contribution in [2.24, 2.45) is 0 Å². The number of anilines is 2. The molecule has 9 heteroatoms. The summed E-state index contributed by atoms with van der Waals surface area (Å²) in [6.07, 6.45) is 1.46. The highest BCUT2D eigenvalue weighted by molar-refractivity contribution is 7.92. The first-order valence-corrected chi connectivity index (χ1v) is 11.6. The number of benzene rings is 2. The summed E-state index contributed by atoms with van der Waals surface area (Å²) in [5.74, 6) is -2.20. The lowest BCUT2D eigenvalue weighted by atomic mass is 10.2. The number of amides is 1. The minimum absolute atomic E-state index is 0.0135. The van der Waals surface area contributed by atoms with Gasteiger partial charge in [0.15, 0.2) is 11.6 Å². The smallest absolute Gasteiger partial charge is 0.232 e. The Labute approximate surface area is 175 Å². The van der Waals surface area contributed by atoms with E-state index in [1.165, 1.54) is 6.07 Å². The Kier molecular flexibility index (Phi) is 6.91. The molecule has 0 N–H and O–H groups in total. The topological polar surface area (TPSA) is 60.9 Å². The lowest BCUT2D eigenvalue weighted by molar-refractivity contribution is -0.131. The Morgan fingerprint density at radius 1 is 1.00 bits per heavy atom. The summed E-state index contributed by atoms with van der Waals surface area (Å²) >= 11 is 0. The normalized spacial score (nSPS) is 14.6. The molecule has 6 nitrogen and oxygen atoms in total. The molecule has 0 aromatic heterocycles. The molecule has 0 spiro atoms. The van der Waals surface area contributed by atoms with Gasteiger partial charge in [-0.3, -0.25) is 9.10 Å². The minimum atomic E-state index is -3.70. The highest BCUT2D eigenvalue weighted by atomic mass is 32.2. The maximum Gasteiger partial charge on any atom is 0.232 e. The lowest BCUT2D eigenvalue weighted by Gasteiger charge is -2.36. The van der Waals surface area contributed by atoms with Crippen LogP contribution in [0.1, 0.15) is 12.8 Å². The molecular weight excluding hydrogens is 412 g/mol. The first-order valence-electron chi connectivity index (χ1n) is 9.76. The first kappa shape index (κ1) is 22.0. The van der Waals surface area contributed by atoms with Crippen LogP contribution in [0, 0.1) is 11.6 Å². The van der Waals surface area contributed by atoms with Crippen LogP contribution in [0.2, 0.25) is 0 Å². The highest BCUT2D eigenvalue weighted by Crippen LogP contribution is 2.21. The second-order valence-electron chi connectivity index (χ2n) is 7.24. The number of piperazine rings is 1. The minimum Gasteiger partial charge on any atom is -0.368 e. The van der Waals surface area contributed by atoms with Crippen LogP contribution in [-0.4, -0.2) is 58.2 Å². The van der Waals surface area contributed by atoms with E-state index >= 15 is 0 Å². The molecule has 2 aromatic carbocycles. The van der Waals surface area contributed by atoms with Crippen molar-refractivity contribution in [2.45, 2.75) is 12.8 Å². The molecule has 1 saturated heterocycles. The van der Waals surface area contributed by atoms with Gasteiger partial charge in [-0.05, 0) is 30.7 Å². The fourth-order valence-corrected chi connectivity index (χ4v) is 4.47. The molecule has 1 heterocycles. The molecule has 162 valence electrons. The van der Waals surface area contributed by atoms with E-state index in [1.807, 2.05) is 30.3 Å². The maximum absolute atomic E-state index is 13.5. The predicted molar refractivity (Wildman–Crippen MR) is 113 cm³/mol. The van der Waals surface area contributed by atoms with Gasteiger partial charge in [-0.15, -0.1) is 0 Å². The van der Waals surface area contributed by atoms with Gasteiger partial charge in [0.1, 0.15) is 0 Å². The third-order valence-electron chi connectivity index (χ3n) is 5.10. The summed E-state index contributed by atoms with van der Waals surface area (Å²) in [6.45, 7) is 2.69. The van der Waals surface area contributed by atoms with Gasteiger partial charge in [0.2, 0.25) is 15.9 Å². The first-order chi connectivity index (χ1) is 14.3. The van der Waals surface area contributed by atoms with Crippen molar-refractivity contribution >= 4 is 27.3 Å². The van der Waals surface area contributed by atoms with Gasteiger partial charge in [0, 0.05) is 50.9 Å². The van der Waals surface area contributed by atoms with E-state index in [1.54, 1.807) is 4.90 Å². The molecule has 1 aliphatic heterocycles. The molecule has 1 fully saturated rings. The van der Waals surface area contributed by atoms with Crippen molar-refractivity contribution in [3.63, 3.8) is 0 Å². The molecule has 30 heavy (non-hydrogen) atoms. The van der Waals surface area contributed by atoms with Crippen molar-refractivity contribution in [2.75, 3.05) is 48.2 Å². The number of carbonyl (C=O) groups excluding carboxylic acids is 1. The largest absolute Gasteiger partial charge is 0.368 e. The fourth-order valence-electron chi connectivity index (χ4n) is 3.51. The number of nitrogens with zero attached hydrogens (tertiary/aromatic N) is 3. The third-order valence-corrected chi connectivity index (χ3v) is 6.29. The number of para-hydroxylation sites is 1. The Balaban J connectivity index is 1.53. The molecule has 0 bridgehead atoms. The van der Waals surface area contributed by atoms with Crippen LogP contribution in [0.5, 0.6) is 0 Å². The SMILES string of the molecule is CS(=O)(=O)N(CCCC(=O)N1CCN(c2ccccc2)CC1)c1ccc(F)c(F)c1. The second-order valence-corrected chi connectivity index (χ2v) is 9.15. The number of sulfonamides is 1. The van der Waals surface area contributed by atoms with Gasteiger partial charge < -0.3 is 9.80 Å². The van der Waals surface area contributed by atoms with E-state index < -0.39 is 21.7 Å². The van der Waals surface area contributed by atoms with E-state index in [4.69, 9.17) is 0 Å². The number of hydrogen-bond acceptors (Lipinski definition) is 4. The number of hydrogen-bond donors (Lipinski definition) is 0. The molecule has 0 radical (unpaired) electrons. The molecule has 1 aliphatic rings. The average Bonchev–Trinajstić information content (AvgIpc) is 2.73. The number of halogens is 2. The summed E-state index contributed by atoms with van der Waals surface area (Å²) in [6, 6.07) is 12.9.